The van der Waals surface area contributed by atoms with E-state index in [1.807, 2.05) is 0 Å². The van der Waals surface area contributed by atoms with Crippen LogP contribution >= 0.6 is 39.0 Å². The summed E-state index contributed by atoms with van der Waals surface area (Å²) < 4.78 is 1.03. The highest BCUT2D eigenvalue weighted by atomic mass is 79.9. The average Bonchev–Trinajstić information content (AvgIpc) is 2.77. The van der Waals surface area contributed by atoms with E-state index in [9.17, 15) is 14.9 Å². The van der Waals surface area contributed by atoms with Gasteiger partial charge in [-0.15, -0.1) is 11.3 Å². The number of thiazole rings is 1. The van der Waals surface area contributed by atoms with Crippen LogP contribution in [0.5, 0.6) is 0 Å². The maximum Gasteiger partial charge on any atom is 0.309 e. The number of carbonyl (C=O) groups is 1. The lowest BCUT2D eigenvalue weighted by Crippen LogP contribution is -1.99. The van der Waals surface area contributed by atoms with Crippen molar-refractivity contribution in [3.63, 3.8) is 0 Å². The average molecular weight is 376 g/mol. The minimum atomic E-state index is -0.973. The Bertz CT molecular complexity index is 676. The lowest BCUT2D eigenvalue weighted by atomic mass is 10.3. The van der Waals surface area contributed by atoms with Gasteiger partial charge in [-0.3, -0.25) is 14.9 Å². The molecule has 2 heterocycles. The van der Waals surface area contributed by atoms with E-state index in [0.29, 0.717) is 14.5 Å². The first kappa shape index (κ1) is 14.9. The molecule has 0 saturated carbocycles. The quantitative estimate of drug-likeness (QED) is 0.632. The highest BCUT2D eigenvalue weighted by Gasteiger charge is 2.18. The molecule has 7 nitrogen and oxygen atoms in total. The Morgan fingerprint density at radius 2 is 2.35 bits per heavy atom. The van der Waals surface area contributed by atoms with Gasteiger partial charge in [0.25, 0.3) is 0 Å². The fourth-order valence-electron chi connectivity index (χ4n) is 1.28. The molecule has 104 valence electrons. The van der Waals surface area contributed by atoms with Crippen molar-refractivity contribution in [2.45, 2.75) is 15.8 Å². The number of aliphatic carboxylic acids is 1. The first-order chi connectivity index (χ1) is 9.45. The van der Waals surface area contributed by atoms with Crippen LogP contribution in [0.1, 0.15) is 5.69 Å². The third kappa shape index (κ3) is 3.74. The molecule has 0 fully saturated rings. The van der Waals surface area contributed by atoms with E-state index in [1.165, 1.54) is 23.6 Å². The Hall–Kier alpha value is -1.52. The van der Waals surface area contributed by atoms with Gasteiger partial charge in [-0.25, -0.2) is 9.97 Å². The summed E-state index contributed by atoms with van der Waals surface area (Å²) in [4.78, 5) is 29.1. The van der Waals surface area contributed by atoms with Crippen molar-refractivity contribution in [2.75, 3.05) is 0 Å². The Morgan fingerprint density at radius 3 is 3.00 bits per heavy atom. The van der Waals surface area contributed by atoms with Crippen LogP contribution in [0, 0.1) is 10.1 Å². The highest BCUT2D eigenvalue weighted by molar-refractivity contribution is 9.10. The second-order valence-corrected chi connectivity index (χ2v) is 6.52. The van der Waals surface area contributed by atoms with Crippen molar-refractivity contribution in [3.8, 4) is 0 Å². The molecular weight excluding hydrogens is 370 g/mol. The van der Waals surface area contributed by atoms with Crippen molar-refractivity contribution < 1.29 is 14.8 Å². The molecule has 0 unspecified atom stereocenters. The van der Waals surface area contributed by atoms with Gasteiger partial charge >= 0.3 is 11.7 Å². The molecule has 20 heavy (non-hydrogen) atoms. The smallest absolute Gasteiger partial charge is 0.309 e. The molecule has 2 aromatic rings. The Balaban J connectivity index is 2.23. The predicted molar refractivity (Wildman–Crippen MR) is 76.2 cm³/mol. The lowest BCUT2D eigenvalue weighted by Gasteiger charge is -1.99. The van der Waals surface area contributed by atoms with Crippen molar-refractivity contribution in [1.82, 2.24) is 9.97 Å². The van der Waals surface area contributed by atoms with Crippen LogP contribution in [-0.2, 0) is 11.2 Å². The number of nitrogens with zero attached hydrogens (tertiary/aromatic N) is 3. The zero-order valence-corrected chi connectivity index (χ0v) is 12.9. The first-order valence-corrected chi connectivity index (χ1v) is 7.58. The highest BCUT2D eigenvalue weighted by Crippen LogP contribution is 2.35. The summed E-state index contributed by atoms with van der Waals surface area (Å²) in [5.74, 6) is -0.973. The Kier molecular flexibility index (Phi) is 4.68. The van der Waals surface area contributed by atoms with E-state index in [2.05, 4.69) is 25.9 Å². The third-order valence-electron chi connectivity index (χ3n) is 2.04. The molecule has 0 radical (unpaired) electrons. The van der Waals surface area contributed by atoms with Gasteiger partial charge in [0.15, 0.2) is 9.37 Å². The number of carboxylic acids is 1. The molecule has 0 atom stereocenters. The number of hydrogen-bond donors (Lipinski definition) is 1. The first-order valence-electron chi connectivity index (χ1n) is 5.09. The third-order valence-corrected chi connectivity index (χ3v) is 4.47. The normalized spacial score (nSPS) is 10.4. The van der Waals surface area contributed by atoms with Gasteiger partial charge in [0.1, 0.15) is 0 Å². The van der Waals surface area contributed by atoms with E-state index >= 15 is 0 Å². The molecule has 0 aromatic carbocycles. The number of halogens is 1. The predicted octanol–water partition coefficient (Wildman–Crippen LogP) is 2.99. The molecule has 2 aromatic heterocycles. The van der Waals surface area contributed by atoms with Gasteiger partial charge in [-0.05, 0) is 27.7 Å². The molecule has 0 amide bonds. The van der Waals surface area contributed by atoms with Crippen LogP contribution in [0.2, 0.25) is 0 Å². The van der Waals surface area contributed by atoms with Crippen LogP contribution in [0.3, 0.4) is 0 Å². The van der Waals surface area contributed by atoms with E-state index in [1.54, 1.807) is 5.38 Å². The second-order valence-electron chi connectivity index (χ2n) is 3.51. The van der Waals surface area contributed by atoms with Crippen molar-refractivity contribution in [3.05, 3.63) is 37.9 Å². The minimum Gasteiger partial charge on any atom is -0.481 e. The fraction of sp³-hybridized carbons (Fsp3) is 0.100. The maximum atomic E-state index is 11.0. The van der Waals surface area contributed by atoms with Crippen LogP contribution in [0.4, 0.5) is 5.69 Å². The molecule has 0 saturated heterocycles. The number of carboxylic acid groups (broad SMARTS) is 1. The SMILES string of the molecule is O=C(O)Cc1csc(Sc2ncc(Br)cc2[N+](=O)[O-])n1. The fourth-order valence-corrected chi connectivity index (χ4v) is 3.39. The van der Waals surface area contributed by atoms with Crippen molar-refractivity contribution in [1.29, 1.82) is 0 Å². The summed E-state index contributed by atoms with van der Waals surface area (Å²) in [6, 6.07) is 1.36. The molecule has 0 aliphatic heterocycles. The summed E-state index contributed by atoms with van der Waals surface area (Å²) in [5.41, 5.74) is 0.295. The number of rotatable bonds is 5. The van der Waals surface area contributed by atoms with E-state index in [4.69, 9.17) is 5.11 Å². The molecule has 1 N–H and O–H groups in total. The molecule has 10 heteroatoms. The minimum absolute atomic E-state index is 0.126. The largest absolute Gasteiger partial charge is 0.481 e. The van der Waals surface area contributed by atoms with E-state index in [-0.39, 0.29) is 17.1 Å². The molecule has 0 aliphatic rings. The van der Waals surface area contributed by atoms with E-state index in [0.717, 1.165) is 11.8 Å². The van der Waals surface area contributed by atoms with Crippen LogP contribution in [-0.4, -0.2) is 26.0 Å². The lowest BCUT2D eigenvalue weighted by molar-refractivity contribution is -0.388. The maximum absolute atomic E-state index is 11.0. The molecule has 2 rings (SSSR count). The van der Waals surface area contributed by atoms with Gasteiger partial charge in [0, 0.05) is 22.1 Å². The summed E-state index contributed by atoms with van der Waals surface area (Å²) >= 11 is 5.39. The summed E-state index contributed by atoms with van der Waals surface area (Å²) in [5, 5.41) is 21.4. The zero-order chi connectivity index (χ0) is 14.7. The van der Waals surface area contributed by atoms with Gasteiger partial charge in [-0.2, -0.15) is 0 Å². The molecule has 0 bridgehead atoms. The molecule has 0 spiro atoms. The number of aromatic nitrogens is 2. The second kappa shape index (κ2) is 6.29. The van der Waals surface area contributed by atoms with Crippen LogP contribution in [0.15, 0.2) is 31.5 Å². The summed E-state index contributed by atoms with van der Waals surface area (Å²) in [6.45, 7) is 0. The van der Waals surface area contributed by atoms with Gasteiger partial charge in [-0.1, -0.05) is 0 Å². The molecule has 0 aliphatic carbocycles. The topological polar surface area (TPSA) is 106 Å². The Labute approximate surface area is 129 Å². The monoisotopic (exact) mass is 375 g/mol. The standard InChI is InChI=1S/C10H6BrN3O4S2/c11-5-1-7(14(17)18)9(12-3-5)20-10-13-6(4-19-10)2-8(15)16/h1,3-4H,2H2,(H,15,16). The van der Waals surface area contributed by atoms with Crippen molar-refractivity contribution >= 4 is 50.7 Å². The summed E-state index contributed by atoms with van der Waals surface area (Å²) in [6.07, 6.45) is 1.29. The van der Waals surface area contributed by atoms with Gasteiger partial charge < -0.3 is 5.11 Å². The van der Waals surface area contributed by atoms with Gasteiger partial charge in [0.2, 0.25) is 0 Å². The molecular formula is C10H6BrN3O4S2. The van der Waals surface area contributed by atoms with Crippen molar-refractivity contribution in [2.24, 2.45) is 0 Å². The van der Waals surface area contributed by atoms with Crippen LogP contribution in [0.25, 0.3) is 0 Å². The number of nitro groups is 1. The Morgan fingerprint density at radius 1 is 1.60 bits per heavy atom. The van der Waals surface area contributed by atoms with Crippen LogP contribution < -0.4 is 0 Å². The zero-order valence-electron chi connectivity index (χ0n) is 9.65. The number of hydrogen-bond acceptors (Lipinski definition) is 7. The number of pyridine rings is 1. The summed E-state index contributed by atoms with van der Waals surface area (Å²) in [7, 11) is 0. The van der Waals surface area contributed by atoms with E-state index < -0.39 is 10.9 Å². The van der Waals surface area contributed by atoms with Gasteiger partial charge in [0.05, 0.1) is 17.0 Å².